The normalized spacial score (nSPS) is 36.3. The van der Waals surface area contributed by atoms with Gasteiger partial charge in [0.1, 0.15) is 0 Å². The highest BCUT2D eigenvalue weighted by Crippen LogP contribution is 2.38. The number of piperidine rings is 1. The molecule has 2 aliphatic heterocycles. The lowest BCUT2D eigenvalue weighted by molar-refractivity contribution is 0.438. The highest BCUT2D eigenvalue weighted by molar-refractivity contribution is 5.93. The van der Waals surface area contributed by atoms with Crippen molar-refractivity contribution >= 4 is 5.71 Å². The first-order valence-electron chi connectivity index (χ1n) is 5.10. The van der Waals surface area contributed by atoms with Crippen LogP contribution in [0.3, 0.4) is 0 Å². The first kappa shape index (κ1) is 7.51. The highest BCUT2D eigenvalue weighted by Gasteiger charge is 2.35. The second-order valence-corrected chi connectivity index (χ2v) is 4.04. The summed E-state index contributed by atoms with van der Waals surface area (Å²) in [7, 11) is 0. The molecule has 2 atom stereocenters. The Bertz CT molecular complexity index is 312. The monoisotopic (exact) mass is 174 g/mol. The molecule has 13 heavy (non-hydrogen) atoms. The van der Waals surface area contributed by atoms with Gasteiger partial charge in [-0.25, -0.2) is 0 Å². The maximum Gasteiger partial charge on any atom is 0.0444 e. The van der Waals surface area contributed by atoms with Gasteiger partial charge in [-0.2, -0.15) is 0 Å². The SMILES string of the molecule is C1=CCC2C(=C1)N=C1CNCCC12. The summed E-state index contributed by atoms with van der Waals surface area (Å²) >= 11 is 0. The molecule has 0 aromatic heterocycles. The minimum atomic E-state index is 0.710. The van der Waals surface area contributed by atoms with E-state index in [2.05, 4.69) is 23.5 Å². The molecular formula is C11H14N2. The van der Waals surface area contributed by atoms with Crippen LogP contribution in [0, 0.1) is 11.8 Å². The molecule has 0 radical (unpaired) electrons. The molecule has 0 amide bonds. The Balaban J connectivity index is 1.96. The van der Waals surface area contributed by atoms with Crippen molar-refractivity contribution in [3.8, 4) is 0 Å². The van der Waals surface area contributed by atoms with Crippen molar-refractivity contribution in [1.82, 2.24) is 5.32 Å². The van der Waals surface area contributed by atoms with Crippen LogP contribution >= 0.6 is 0 Å². The summed E-state index contributed by atoms with van der Waals surface area (Å²) in [5.74, 6) is 1.46. The summed E-state index contributed by atoms with van der Waals surface area (Å²) in [5, 5.41) is 3.39. The van der Waals surface area contributed by atoms with Crippen LogP contribution < -0.4 is 5.32 Å². The Labute approximate surface area is 78.4 Å². The molecule has 0 aromatic rings. The second kappa shape index (κ2) is 2.81. The number of rotatable bonds is 0. The van der Waals surface area contributed by atoms with Gasteiger partial charge in [-0.05, 0) is 25.5 Å². The van der Waals surface area contributed by atoms with E-state index in [1.54, 1.807) is 0 Å². The molecule has 2 heteroatoms. The number of aliphatic imine (C=N–C) groups is 1. The van der Waals surface area contributed by atoms with E-state index in [4.69, 9.17) is 4.99 Å². The minimum Gasteiger partial charge on any atom is -0.311 e. The fourth-order valence-corrected chi connectivity index (χ4v) is 2.62. The van der Waals surface area contributed by atoms with Gasteiger partial charge in [-0.15, -0.1) is 0 Å². The van der Waals surface area contributed by atoms with Gasteiger partial charge in [0, 0.05) is 29.8 Å². The van der Waals surface area contributed by atoms with Gasteiger partial charge in [0.25, 0.3) is 0 Å². The van der Waals surface area contributed by atoms with Gasteiger partial charge in [0.05, 0.1) is 0 Å². The number of allylic oxidation sites excluding steroid dienone is 4. The Morgan fingerprint density at radius 1 is 1.38 bits per heavy atom. The van der Waals surface area contributed by atoms with Gasteiger partial charge in [0.15, 0.2) is 0 Å². The molecule has 1 fully saturated rings. The fourth-order valence-electron chi connectivity index (χ4n) is 2.62. The third-order valence-electron chi connectivity index (χ3n) is 3.30. The molecule has 1 aliphatic carbocycles. The first-order valence-corrected chi connectivity index (χ1v) is 5.10. The van der Waals surface area contributed by atoms with Crippen LogP contribution in [-0.4, -0.2) is 18.8 Å². The molecule has 0 bridgehead atoms. The average Bonchev–Trinajstić information content (AvgIpc) is 2.56. The Kier molecular flexibility index (Phi) is 1.62. The van der Waals surface area contributed by atoms with E-state index in [0.29, 0.717) is 5.92 Å². The summed E-state index contributed by atoms with van der Waals surface area (Å²) in [6, 6.07) is 0. The molecule has 1 N–H and O–H groups in total. The van der Waals surface area contributed by atoms with E-state index in [1.807, 2.05) is 0 Å². The topological polar surface area (TPSA) is 24.4 Å². The van der Waals surface area contributed by atoms with Crippen LogP contribution in [0.15, 0.2) is 28.9 Å². The summed E-state index contributed by atoms with van der Waals surface area (Å²) in [4.78, 5) is 4.70. The molecule has 0 aromatic carbocycles. The van der Waals surface area contributed by atoms with E-state index in [0.717, 1.165) is 19.0 Å². The van der Waals surface area contributed by atoms with Gasteiger partial charge in [-0.3, -0.25) is 4.99 Å². The van der Waals surface area contributed by atoms with Crippen LogP contribution in [0.2, 0.25) is 0 Å². The van der Waals surface area contributed by atoms with Crippen molar-refractivity contribution in [2.75, 3.05) is 13.1 Å². The quantitative estimate of drug-likeness (QED) is 0.591. The first-order chi connectivity index (χ1) is 6.45. The lowest BCUT2D eigenvalue weighted by Crippen LogP contribution is -2.37. The standard InChI is InChI=1S/C11H14N2/c1-2-4-10-8(3-1)9-5-6-12-7-11(9)13-10/h1-2,4,8-9,12H,3,5-7H2. The number of hydrogen-bond donors (Lipinski definition) is 1. The van der Waals surface area contributed by atoms with E-state index < -0.39 is 0 Å². The molecule has 3 rings (SSSR count). The number of hydrogen-bond acceptors (Lipinski definition) is 2. The van der Waals surface area contributed by atoms with Crippen molar-refractivity contribution in [3.05, 3.63) is 23.9 Å². The third-order valence-corrected chi connectivity index (χ3v) is 3.30. The maximum absolute atomic E-state index is 4.70. The van der Waals surface area contributed by atoms with E-state index in [-0.39, 0.29) is 0 Å². The van der Waals surface area contributed by atoms with Gasteiger partial charge in [0.2, 0.25) is 0 Å². The summed E-state index contributed by atoms with van der Waals surface area (Å²) in [5.41, 5.74) is 2.72. The van der Waals surface area contributed by atoms with Crippen LogP contribution in [0.25, 0.3) is 0 Å². The number of nitrogens with zero attached hydrogens (tertiary/aromatic N) is 1. The van der Waals surface area contributed by atoms with Crippen molar-refractivity contribution in [3.63, 3.8) is 0 Å². The summed E-state index contributed by atoms with van der Waals surface area (Å²) in [6.45, 7) is 2.18. The lowest BCUT2D eigenvalue weighted by Gasteiger charge is -2.25. The Morgan fingerprint density at radius 3 is 3.38 bits per heavy atom. The van der Waals surface area contributed by atoms with Crippen LogP contribution in [0.5, 0.6) is 0 Å². The zero-order chi connectivity index (χ0) is 8.67. The lowest BCUT2D eigenvalue weighted by atomic mass is 9.81. The second-order valence-electron chi connectivity index (χ2n) is 4.04. The molecule has 2 heterocycles. The zero-order valence-electron chi connectivity index (χ0n) is 7.66. The molecule has 3 aliphatic rings. The summed E-state index contributed by atoms with van der Waals surface area (Å²) in [6.07, 6.45) is 9.06. The highest BCUT2D eigenvalue weighted by atomic mass is 15.0. The van der Waals surface area contributed by atoms with E-state index in [1.165, 1.54) is 24.3 Å². The molecule has 68 valence electrons. The van der Waals surface area contributed by atoms with E-state index >= 15 is 0 Å². The molecule has 0 saturated carbocycles. The number of fused-ring (bicyclic) bond motifs is 3. The molecule has 2 unspecified atom stereocenters. The van der Waals surface area contributed by atoms with Crippen molar-refractivity contribution in [1.29, 1.82) is 0 Å². The largest absolute Gasteiger partial charge is 0.311 e. The predicted molar refractivity (Wildman–Crippen MR) is 53.7 cm³/mol. The van der Waals surface area contributed by atoms with Crippen molar-refractivity contribution in [2.45, 2.75) is 12.8 Å². The van der Waals surface area contributed by atoms with Gasteiger partial charge in [-0.1, -0.05) is 12.2 Å². The van der Waals surface area contributed by atoms with Crippen molar-refractivity contribution < 1.29 is 0 Å². The Hall–Kier alpha value is -0.890. The molecule has 1 saturated heterocycles. The van der Waals surface area contributed by atoms with Crippen LogP contribution in [-0.2, 0) is 0 Å². The number of nitrogens with one attached hydrogen (secondary N) is 1. The van der Waals surface area contributed by atoms with Crippen LogP contribution in [0.4, 0.5) is 0 Å². The third kappa shape index (κ3) is 1.09. The average molecular weight is 174 g/mol. The Morgan fingerprint density at radius 2 is 2.38 bits per heavy atom. The fraction of sp³-hybridized carbons (Fsp3) is 0.545. The predicted octanol–water partition coefficient (Wildman–Crippen LogP) is 1.51. The van der Waals surface area contributed by atoms with E-state index in [9.17, 15) is 0 Å². The van der Waals surface area contributed by atoms with Gasteiger partial charge < -0.3 is 5.32 Å². The van der Waals surface area contributed by atoms with Gasteiger partial charge >= 0.3 is 0 Å². The molecule has 0 spiro atoms. The molecular weight excluding hydrogens is 160 g/mol. The maximum atomic E-state index is 4.70. The minimum absolute atomic E-state index is 0.710. The summed E-state index contributed by atoms with van der Waals surface area (Å²) < 4.78 is 0. The zero-order valence-corrected chi connectivity index (χ0v) is 7.66. The smallest absolute Gasteiger partial charge is 0.0444 e. The molecule has 2 nitrogen and oxygen atoms in total. The van der Waals surface area contributed by atoms with Crippen LogP contribution in [0.1, 0.15) is 12.8 Å². The van der Waals surface area contributed by atoms with Crippen molar-refractivity contribution in [2.24, 2.45) is 16.8 Å².